The molecular formula is C10H19N3O2. The molecule has 1 rings (SSSR count). The van der Waals surface area contributed by atoms with Gasteiger partial charge < -0.3 is 14.6 Å². The van der Waals surface area contributed by atoms with Crippen molar-refractivity contribution in [2.24, 2.45) is 0 Å². The third-order valence-corrected chi connectivity index (χ3v) is 1.75. The van der Waals surface area contributed by atoms with Crippen LogP contribution in [-0.2, 0) is 17.9 Å². The number of aromatic nitrogens is 2. The SMILES string of the molecule is CCCOCc1nc(CNC(C)C)no1. The van der Waals surface area contributed by atoms with E-state index in [1.807, 2.05) is 0 Å². The lowest BCUT2D eigenvalue weighted by atomic mass is 10.4. The molecule has 0 radical (unpaired) electrons. The number of nitrogens with one attached hydrogen (secondary N) is 1. The van der Waals surface area contributed by atoms with Crippen LogP contribution >= 0.6 is 0 Å². The van der Waals surface area contributed by atoms with Gasteiger partial charge in [-0.3, -0.25) is 0 Å². The molecule has 0 fully saturated rings. The first kappa shape index (κ1) is 12.1. The molecule has 1 N–H and O–H groups in total. The van der Waals surface area contributed by atoms with E-state index in [0.29, 0.717) is 30.9 Å². The van der Waals surface area contributed by atoms with Crippen LogP contribution in [0, 0.1) is 0 Å². The molecule has 5 heteroatoms. The predicted molar refractivity (Wildman–Crippen MR) is 56.2 cm³/mol. The Morgan fingerprint density at radius 3 is 2.93 bits per heavy atom. The standard InChI is InChI=1S/C10H19N3O2/c1-4-5-14-7-10-12-9(13-15-10)6-11-8(2)3/h8,11H,4-7H2,1-3H3. The molecule has 0 bridgehead atoms. The summed E-state index contributed by atoms with van der Waals surface area (Å²) in [5.74, 6) is 1.22. The molecule has 86 valence electrons. The summed E-state index contributed by atoms with van der Waals surface area (Å²) >= 11 is 0. The predicted octanol–water partition coefficient (Wildman–Crippen LogP) is 1.49. The summed E-state index contributed by atoms with van der Waals surface area (Å²) in [5.41, 5.74) is 0. The molecule has 1 heterocycles. The average molecular weight is 213 g/mol. The topological polar surface area (TPSA) is 60.2 Å². The Balaban J connectivity index is 2.29. The molecule has 1 aromatic rings. The second kappa shape index (κ2) is 6.53. The lowest BCUT2D eigenvalue weighted by Crippen LogP contribution is -2.22. The minimum Gasteiger partial charge on any atom is -0.372 e. The molecule has 0 aromatic carbocycles. The van der Waals surface area contributed by atoms with Gasteiger partial charge in [0.05, 0.1) is 6.54 Å². The molecule has 0 spiro atoms. The van der Waals surface area contributed by atoms with Crippen LogP contribution in [0.4, 0.5) is 0 Å². The number of hydrogen-bond acceptors (Lipinski definition) is 5. The van der Waals surface area contributed by atoms with Crippen molar-refractivity contribution in [2.45, 2.75) is 46.4 Å². The van der Waals surface area contributed by atoms with Crippen LogP contribution in [0.1, 0.15) is 38.9 Å². The molecular weight excluding hydrogens is 194 g/mol. The molecule has 0 unspecified atom stereocenters. The highest BCUT2D eigenvalue weighted by Gasteiger charge is 2.06. The normalized spacial score (nSPS) is 11.2. The van der Waals surface area contributed by atoms with Crippen LogP contribution in [-0.4, -0.2) is 22.8 Å². The van der Waals surface area contributed by atoms with E-state index in [4.69, 9.17) is 9.26 Å². The molecule has 5 nitrogen and oxygen atoms in total. The Morgan fingerprint density at radius 2 is 2.27 bits per heavy atom. The molecule has 0 aliphatic rings. The van der Waals surface area contributed by atoms with E-state index >= 15 is 0 Å². The molecule has 0 saturated carbocycles. The first-order valence-corrected chi connectivity index (χ1v) is 5.35. The zero-order chi connectivity index (χ0) is 11.1. The molecule has 0 atom stereocenters. The molecule has 1 aromatic heterocycles. The summed E-state index contributed by atoms with van der Waals surface area (Å²) in [7, 11) is 0. The second-order valence-corrected chi connectivity index (χ2v) is 3.69. The van der Waals surface area contributed by atoms with Crippen LogP contribution < -0.4 is 5.32 Å². The van der Waals surface area contributed by atoms with E-state index in [1.165, 1.54) is 0 Å². The zero-order valence-electron chi connectivity index (χ0n) is 9.62. The summed E-state index contributed by atoms with van der Waals surface area (Å²) < 4.78 is 10.3. The highest BCUT2D eigenvalue weighted by atomic mass is 16.5. The third-order valence-electron chi connectivity index (χ3n) is 1.75. The van der Waals surface area contributed by atoms with Gasteiger partial charge in [-0.2, -0.15) is 4.98 Å². The Morgan fingerprint density at radius 1 is 1.47 bits per heavy atom. The average Bonchev–Trinajstić information content (AvgIpc) is 2.63. The largest absolute Gasteiger partial charge is 0.372 e. The van der Waals surface area contributed by atoms with Crippen molar-refractivity contribution in [2.75, 3.05) is 6.61 Å². The van der Waals surface area contributed by atoms with Crippen LogP contribution in [0.3, 0.4) is 0 Å². The van der Waals surface area contributed by atoms with Crippen LogP contribution in [0.2, 0.25) is 0 Å². The highest BCUT2D eigenvalue weighted by molar-refractivity contribution is 4.84. The number of nitrogens with zero attached hydrogens (tertiary/aromatic N) is 2. The molecule has 0 saturated heterocycles. The van der Waals surface area contributed by atoms with Crippen LogP contribution in [0.5, 0.6) is 0 Å². The van der Waals surface area contributed by atoms with E-state index in [-0.39, 0.29) is 0 Å². The smallest absolute Gasteiger partial charge is 0.252 e. The summed E-state index contributed by atoms with van der Waals surface area (Å²) in [6.07, 6.45) is 0.996. The lowest BCUT2D eigenvalue weighted by molar-refractivity contribution is 0.0981. The Labute approximate surface area is 90.2 Å². The maximum absolute atomic E-state index is 5.29. The first-order valence-electron chi connectivity index (χ1n) is 5.35. The lowest BCUT2D eigenvalue weighted by Gasteiger charge is -2.03. The molecule has 0 amide bonds. The Bertz CT molecular complexity index is 273. The van der Waals surface area contributed by atoms with Gasteiger partial charge in [0.2, 0.25) is 0 Å². The maximum atomic E-state index is 5.29. The maximum Gasteiger partial charge on any atom is 0.252 e. The van der Waals surface area contributed by atoms with Crippen LogP contribution in [0.25, 0.3) is 0 Å². The second-order valence-electron chi connectivity index (χ2n) is 3.69. The van der Waals surface area contributed by atoms with Gasteiger partial charge in [0, 0.05) is 12.6 Å². The van der Waals surface area contributed by atoms with Crippen LogP contribution in [0.15, 0.2) is 4.52 Å². The quantitative estimate of drug-likeness (QED) is 0.695. The van der Waals surface area contributed by atoms with Gasteiger partial charge in [0.25, 0.3) is 5.89 Å². The summed E-state index contributed by atoms with van der Waals surface area (Å²) in [5, 5.41) is 7.05. The summed E-state index contributed by atoms with van der Waals surface area (Å²) in [4.78, 5) is 4.19. The Hall–Kier alpha value is -0.940. The zero-order valence-corrected chi connectivity index (χ0v) is 9.62. The minimum absolute atomic E-state index is 0.405. The molecule has 0 aliphatic heterocycles. The summed E-state index contributed by atoms with van der Waals surface area (Å²) in [6.45, 7) is 7.97. The van der Waals surface area contributed by atoms with E-state index in [1.54, 1.807) is 0 Å². The van der Waals surface area contributed by atoms with Crippen molar-refractivity contribution in [1.82, 2.24) is 15.5 Å². The molecule has 15 heavy (non-hydrogen) atoms. The molecule has 0 aliphatic carbocycles. The van der Waals surface area contributed by atoms with Crippen molar-refractivity contribution in [1.29, 1.82) is 0 Å². The fourth-order valence-corrected chi connectivity index (χ4v) is 1.02. The van der Waals surface area contributed by atoms with E-state index in [0.717, 1.165) is 13.0 Å². The van der Waals surface area contributed by atoms with Crippen molar-refractivity contribution in [3.63, 3.8) is 0 Å². The number of ether oxygens (including phenoxy) is 1. The van der Waals surface area contributed by atoms with Gasteiger partial charge in [-0.15, -0.1) is 0 Å². The Kier molecular flexibility index (Phi) is 5.28. The number of rotatable bonds is 7. The third kappa shape index (κ3) is 4.90. The van der Waals surface area contributed by atoms with E-state index < -0.39 is 0 Å². The first-order chi connectivity index (χ1) is 7.22. The fourth-order valence-electron chi connectivity index (χ4n) is 1.02. The summed E-state index contributed by atoms with van der Waals surface area (Å²) in [6, 6.07) is 0.420. The van der Waals surface area contributed by atoms with Gasteiger partial charge >= 0.3 is 0 Å². The van der Waals surface area contributed by atoms with Crippen molar-refractivity contribution >= 4 is 0 Å². The van der Waals surface area contributed by atoms with Crippen molar-refractivity contribution < 1.29 is 9.26 Å². The van der Waals surface area contributed by atoms with Gasteiger partial charge in [-0.05, 0) is 6.42 Å². The minimum atomic E-state index is 0.405. The number of hydrogen-bond donors (Lipinski definition) is 1. The fraction of sp³-hybridized carbons (Fsp3) is 0.800. The van der Waals surface area contributed by atoms with Gasteiger partial charge in [-0.1, -0.05) is 25.9 Å². The van der Waals surface area contributed by atoms with Gasteiger partial charge in [0.1, 0.15) is 6.61 Å². The van der Waals surface area contributed by atoms with Gasteiger partial charge in [0.15, 0.2) is 5.82 Å². The van der Waals surface area contributed by atoms with Gasteiger partial charge in [-0.25, -0.2) is 0 Å². The van der Waals surface area contributed by atoms with E-state index in [9.17, 15) is 0 Å². The monoisotopic (exact) mass is 213 g/mol. The van der Waals surface area contributed by atoms with Crippen molar-refractivity contribution in [3.8, 4) is 0 Å². The van der Waals surface area contributed by atoms with Crippen molar-refractivity contribution in [3.05, 3.63) is 11.7 Å². The van der Waals surface area contributed by atoms with E-state index in [2.05, 4.69) is 36.2 Å². The highest BCUT2D eigenvalue weighted by Crippen LogP contribution is 1.99.